The van der Waals surface area contributed by atoms with Crippen LogP contribution in [0.4, 0.5) is 11.4 Å². The maximum Gasteiger partial charge on any atom is 0.247 e. The van der Waals surface area contributed by atoms with Crippen molar-refractivity contribution in [3.63, 3.8) is 0 Å². The summed E-state index contributed by atoms with van der Waals surface area (Å²) in [6.07, 6.45) is 2.96. The fourth-order valence-electron chi connectivity index (χ4n) is 3.47. The van der Waals surface area contributed by atoms with Crippen molar-refractivity contribution >= 4 is 27.3 Å². The molecule has 3 rings (SSSR count). The van der Waals surface area contributed by atoms with E-state index in [2.05, 4.69) is 0 Å². The van der Waals surface area contributed by atoms with Gasteiger partial charge < -0.3 is 4.90 Å². The second kappa shape index (κ2) is 7.11. The number of amides is 1. The van der Waals surface area contributed by atoms with Crippen molar-refractivity contribution in [2.24, 2.45) is 0 Å². The molecular weight excluding hydrogens is 348 g/mol. The number of benzene rings is 2. The summed E-state index contributed by atoms with van der Waals surface area (Å²) in [7, 11) is -3.58. The molecule has 1 aliphatic rings. The molecule has 0 spiro atoms. The van der Waals surface area contributed by atoms with Crippen LogP contribution in [0.1, 0.15) is 23.1 Å². The standard InChI is InChI=1S/C20H24N2O3S/c1-15-10-11-18(16(2)13-15)22(26(3,24)25)14-20(23)21-12-6-8-17-7-4-5-9-19(17)21/h4-5,7,9-11,13H,6,8,12,14H2,1-3H3. The number of aryl methyl sites for hydroxylation is 3. The number of hydrogen-bond donors (Lipinski definition) is 0. The molecule has 2 aromatic carbocycles. The number of anilines is 2. The molecule has 0 unspecified atom stereocenters. The molecule has 5 nitrogen and oxygen atoms in total. The van der Waals surface area contributed by atoms with Crippen LogP contribution in [0.3, 0.4) is 0 Å². The van der Waals surface area contributed by atoms with Crippen LogP contribution in [-0.2, 0) is 21.2 Å². The van der Waals surface area contributed by atoms with E-state index in [0.717, 1.165) is 41.5 Å². The van der Waals surface area contributed by atoms with Crippen molar-refractivity contribution < 1.29 is 13.2 Å². The summed E-state index contributed by atoms with van der Waals surface area (Å²) >= 11 is 0. The fraction of sp³-hybridized carbons (Fsp3) is 0.350. The lowest BCUT2D eigenvalue weighted by atomic mass is 10.0. The molecule has 0 bridgehead atoms. The summed E-state index contributed by atoms with van der Waals surface area (Å²) in [5, 5.41) is 0. The zero-order chi connectivity index (χ0) is 18.9. The zero-order valence-electron chi connectivity index (χ0n) is 15.4. The average molecular weight is 372 g/mol. The number of fused-ring (bicyclic) bond motifs is 1. The molecule has 2 aromatic rings. The smallest absolute Gasteiger partial charge is 0.247 e. The van der Waals surface area contributed by atoms with E-state index in [0.29, 0.717) is 12.2 Å². The highest BCUT2D eigenvalue weighted by Gasteiger charge is 2.28. The number of sulfonamides is 1. The van der Waals surface area contributed by atoms with Crippen LogP contribution in [0.15, 0.2) is 42.5 Å². The summed E-state index contributed by atoms with van der Waals surface area (Å²) in [6.45, 7) is 4.23. The Hall–Kier alpha value is -2.34. The van der Waals surface area contributed by atoms with E-state index < -0.39 is 10.0 Å². The highest BCUT2D eigenvalue weighted by molar-refractivity contribution is 7.92. The number of nitrogens with zero attached hydrogens (tertiary/aromatic N) is 2. The molecule has 0 atom stereocenters. The minimum atomic E-state index is -3.58. The normalized spacial score (nSPS) is 14.0. The number of hydrogen-bond acceptors (Lipinski definition) is 3. The zero-order valence-corrected chi connectivity index (χ0v) is 16.2. The predicted molar refractivity (Wildman–Crippen MR) is 105 cm³/mol. The van der Waals surface area contributed by atoms with Gasteiger partial charge in [-0.3, -0.25) is 9.10 Å². The van der Waals surface area contributed by atoms with Crippen molar-refractivity contribution in [3.05, 3.63) is 59.2 Å². The van der Waals surface area contributed by atoms with Crippen molar-refractivity contribution in [3.8, 4) is 0 Å². The van der Waals surface area contributed by atoms with Gasteiger partial charge in [0.15, 0.2) is 0 Å². The Labute approximate surface area is 155 Å². The highest BCUT2D eigenvalue weighted by Crippen LogP contribution is 2.28. The lowest BCUT2D eigenvalue weighted by Gasteiger charge is -2.32. The molecular formula is C20H24N2O3S. The molecule has 0 radical (unpaired) electrons. The van der Waals surface area contributed by atoms with Gasteiger partial charge in [0, 0.05) is 12.2 Å². The van der Waals surface area contributed by atoms with Crippen LogP contribution in [-0.4, -0.2) is 33.7 Å². The number of para-hydroxylation sites is 1. The molecule has 0 saturated heterocycles. The first-order chi connectivity index (χ1) is 12.3. The Bertz CT molecular complexity index is 938. The topological polar surface area (TPSA) is 57.7 Å². The van der Waals surface area contributed by atoms with Gasteiger partial charge in [-0.25, -0.2) is 8.42 Å². The van der Waals surface area contributed by atoms with E-state index in [1.54, 1.807) is 11.0 Å². The fourth-order valence-corrected chi connectivity index (χ4v) is 4.37. The van der Waals surface area contributed by atoms with Crippen LogP contribution >= 0.6 is 0 Å². The quantitative estimate of drug-likeness (QED) is 0.829. The summed E-state index contributed by atoms with van der Waals surface area (Å²) in [6, 6.07) is 13.4. The van der Waals surface area contributed by atoms with Gasteiger partial charge in [-0.1, -0.05) is 35.9 Å². The molecule has 0 saturated carbocycles. The van der Waals surface area contributed by atoms with Gasteiger partial charge in [-0.2, -0.15) is 0 Å². The first-order valence-corrected chi connectivity index (χ1v) is 10.6. The molecule has 0 aliphatic carbocycles. The van der Waals surface area contributed by atoms with Crippen LogP contribution in [0.2, 0.25) is 0 Å². The molecule has 0 N–H and O–H groups in total. The third-order valence-electron chi connectivity index (χ3n) is 4.71. The van der Waals surface area contributed by atoms with Crippen molar-refractivity contribution in [1.29, 1.82) is 0 Å². The molecule has 138 valence electrons. The third kappa shape index (κ3) is 3.75. The summed E-state index contributed by atoms with van der Waals surface area (Å²) in [4.78, 5) is 14.7. The minimum Gasteiger partial charge on any atom is -0.311 e. The molecule has 0 fully saturated rings. The van der Waals surface area contributed by atoms with Gasteiger partial charge >= 0.3 is 0 Å². The first-order valence-electron chi connectivity index (χ1n) is 8.70. The maximum absolute atomic E-state index is 13.0. The van der Waals surface area contributed by atoms with Crippen LogP contribution in [0, 0.1) is 13.8 Å². The summed E-state index contributed by atoms with van der Waals surface area (Å²) in [5.41, 5.74) is 4.46. The molecule has 6 heteroatoms. The molecule has 1 aliphatic heterocycles. The summed E-state index contributed by atoms with van der Waals surface area (Å²) in [5.74, 6) is -0.206. The van der Waals surface area contributed by atoms with E-state index in [4.69, 9.17) is 0 Å². The highest BCUT2D eigenvalue weighted by atomic mass is 32.2. The molecule has 0 aromatic heterocycles. The predicted octanol–water partition coefficient (Wildman–Crippen LogP) is 3.05. The largest absolute Gasteiger partial charge is 0.311 e. The van der Waals surface area contributed by atoms with Gasteiger partial charge in [0.1, 0.15) is 6.54 Å². The summed E-state index contributed by atoms with van der Waals surface area (Å²) < 4.78 is 26.0. The van der Waals surface area contributed by atoms with Crippen LogP contribution in [0.5, 0.6) is 0 Å². The minimum absolute atomic E-state index is 0.197. The second-order valence-electron chi connectivity index (χ2n) is 6.84. The van der Waals surface area contributed by atoms with Gasteiger partial charge in [0.2, 0.25) is 15.9 Å². The van der Waals surface area contributed by atoms with Gasteiger partial charge in [0.25, 0.3) is 0 Å². The Balaban J connectivity index is 1.92. The van der Waals surface area contributed by atoms with Crippen molar-refractivity contribution in [2.45, 2.75) is 26.7 Å². The Morgan fingerprint density at radius 3 is 2.58 bits per heavy atom. The number of carbonyl (C=O) groups is 1. The van der Waals surface area contributed by atoms with Gasteiger partial charge in [-0.15, -0.1) is 0 Å². The third-order valence-corrected chi connectivity index (χ3v) is 5.84. The Morgan fingerprint density at radius 1 is 1.15 bits per heavy atom. The van der Waals surface area contributed by atoms with E-state index in [1.807, 2.05) is 50.2 Å². The van der Waals surface area contributed by atoms with Gasteiger partial charge in [0.05, 0.1) is 11.9 Å². The Kier molecular flexibility index (Phi) is 5.05. The van der Waals surface area contributed by atoms with Crippen LogP contribution in [0.25, 0.3) is 0 Å². The Morgan fingerprint density at radius 2 is 1.88 bits per heavy atom. The van der Waals surface area contributed by atoms with Gasteiger partial charge in [-0.05, 0) is 49.9 Å². The van der Waals surface area contributed by atoms with E-state index in [9.17, 15) is 13.2 Å². The van der Waals surface area contributed by atoms with E-state index in [-0.39, 0.29) is 12.5 Å². The average Bonchev–Trinajstić information content (AvgIpc) is 2.58. The lowest BCUT2D eigenvalue weighted by Crippen LogP contribution is -2.44. The SMILES string of the molecule is Cc1ccc(N(CC(=O)N2CCCc3ccccc32)S(C)(=O)=O)c(C)c1. The molecule has 1 amide bonds. The van der Waals surface area contributed by atoms with E-state index in [1.165, 1.54) is 4.31 Å². The van der Waals surface area contributed by atoms with Crippen LogP contribution < -0.4 is 9.21 Å². The molecule has 1 heterocycles. The first kappa shape index (κ1) is 18.5. The lowest BCUT2D eigenvalue weighted by molar-refractivity contribution is -0.117. The van der Waals surface area contributed by atoms with Crippen molar-refractivity contribution in [1.82, 2.24) is 0 Å². The van der Waals surface area contributed by atoms with Crippen molar-refractivity contribution in [2.75, 3.05) is 28.6 Å². The second-order valence-corrected chi connectivity index (χ2v) is 8.74. The molecule has 26 heavy (non-hydrogen) atoms. The van der Waals surface area contributed by atoms with E-state index >= 15 is 0 Å². The number of rotatable bonds is 4. The monoisotopic (exact) mass is 372 g/mol. The number of carbonyl (C=O) groups excluding carboxylic acids is 1. The maximum atomic E-state index is 13.0.